The van der Waals surface area contributed by atoms with Gasteiger partial charge in [0.2, 0.25) is 0 Å². The van der Waals surface area contributed by atoms with Crippen LogP contribution in [0.3, 0.4) is 0 Å². The Morgan fingerprint density at radius 3 is 2.31 bits per heavy atom. The number of alkyl carbamates (subject to hydrolysis) is 1. The van der Waals surface area contributed by atoms with E-state index in [1.165, 1.54) is 14.0 Å². The number of amides is 2. The first-order chi connectivity index (χ1) is 16.9. The summed E-state index contributed by atoms with van der Waals surface area (Å²) in [5.41, 5.74) is 4.56. The second-order valence-electron chi connectivity index (χ2n) is 8.08. The predicted octanol–water partition coefficient (Wildman–Crippen LogP) is 2.93. The van der Waals surface area contributed by atoms with Crippen molar-refractivity contribution in [2.24, 2.45) is 0 Å². The molecule has 4 rings (SSSR count). The van der Waals surface area contributed by atoms with Gasteiger partial charge in [-0.15, -0.1) is 0 Å². The summed E-state index contributed by atoms with van der Waals surface area (Å²) in [5, 5.41) is 18.0. The lowest BCUT2D eigenvalue weighted by Crippen LogP contribution is -2.48. The van der Waals surface area contributed by atoms with E-state index < -0.39 is 30.1 Å². The van der Waals surface area contributed by atoms with Crippen LogP contribution in [-0.2, 0) is 20.8 Å². The van der Waals surface area contributed by atoms with Gasteiger partial charge in [-0.05, 0) is 29.2 Å². The van der Waals surface area contributed by atoms with Crippen molar-refractivity contribution in [2.45, 2.75) is 31.5 Å². The summed E-state index contributed by atoms with van der Waals surface area (Å²) >= 11 is 0. The monoisotopic (exact) mass is 479 g/mol. The molecule has 10 nitrogen and oxygen atoms in total. The fourth-order valence-electron chi connectivity index (χ4n) is 4.11. The third-order valence-electron chi connectivity index (χ3n) is 6.03. The summed E-state index contributed by atoms with van der Waals surface area (Å²) in [6.45, 7) is 1.51. The maximum atomic E-state index is 12.6. The van der Waals surface area contributed by atoms with Crippen molar-refractivity contribution >= 4 is 18.0 Å². The number of aromatic nitrogens is 1. The van der Waals surface area contributed by atoms with E-state index in [2.05, 4.69) is 15.8 Å². The smallest absolute Gasteiger partial charge is 0.407 e. The van der Waals surface area contributed by atoms with Gasteiger partial charge < -0.3 is 29.7 Å². The molecule has 0 saturated heterocycles. The summed E-state index contributed by atoms with van der Waals surface area (Å²) in [7, 11) is 1.34. The Hall–Kier alpha value is -4.18. The number of hydrogen-bond donors (Lipinski definition) is 3. The molecule has 1 aromatic heterocycles. The summed E-state index contributed by atoms with van der Waals surface area (Å²) in [6, 6.07) is 14.7. The highest BCUT2D eigenvalue weighted by Gasteiger charge is 2.30. The quantitative estimate of drug-likeness (QED) is 0.426. The van der Waals surface area contributed by atoms with E-state index in [4.69, 9.17) is 14.0 Å². The highest BCUT2D eigenvalue weighted by Crippen LogP contribution is 2.44. The van der Waals surface area contributed by atoms with Gasteiger partial charge in [0.15, 0.2) is 6.04 Å². The Labute approximate surface area is 201 Å². The summed E-state index contributed by atoms with van der Waals surface area (Å²) in [6.07, 6.45) is -0.364. The molecule has 1 aliphatic carbocycles. The zero-order valence-corrected chi connectivity index (χ0v) is 19.2. The van der Waals surface area contributed by atoms with Gasteiger partial charge in [0.1, 0.15) is 24.1 Å². The molecule has 0 radical (unpaired) electrons. The minimum Gasteiger partial charge on any atom is -0.480 e. The van der Waals surface area contributed by atoms with Crippen LogP contribution in [0.15, 0.2) is 59.3 Å². The molecule has 0 saturated carbocycles. The molecular weight excluding hydrogens is 454 g/mol. The molecule has 2 atom stereocenters. The molecule has 182 valence electrons. The van der Waals surface area contributed by atoms with Crippen molar-refractivity contribution in [3.63, 3.8) is 0 Å². The SMILES string of the molecule is CO[C@H](C)[C@H](NC(=O)c1conc1CNC(=O)OCC1c2ccccc2-c2ccccc21)C(=O)O. The first-order valence-electron chi connectivity index (χ1n) is 11.0. The summed E-state index contributed by atoms with van der Waals surface area (Å²) < 4.78 is 15.3. The predicted molar refractivity (Wildman–Crippen MR) is 124 cm³/mol. The number of ether oxygens (including phenoxy) is 2. The number of carbonyl (C=O) groups excluding carboxylic acids is 2. The Morgan fingerprint density at radius 1 is 1.09 bits per heavy atom. The van der Waals surface area contributed by atoms with E-state index in [1.807, 2.05) is 48.5 Å². The number of carboxylic acid groups (broad SMARTS) is 1. The lowest BCUT2D eigenvalue weighted by atomic mass is 9.98. The van der Waals surface area contributed by atoms with Crippen molar-refractivity contribution < 1.29 is 33.5 Å². The zero-order chi connectivity index (χ0) is 24.9. The second kappa shape index (κ2) is 10.4. The van der Waals surface area contributed by atoms with Gasteiger partial charge in [-0.3, -0.25) is 4.79 Å². The molecule has 10 heteroatoms. The van der Waals surface area contributed by atoms with Crippen molar-refractivity contribution in [3.8, 4) is 11.1 Å². The molecule has 2 amide bonds. The molecular formula is C25H25N3O7. The molecule has 1 aliphatic rings. The summed E-state index contributed by atoms with van der Waals surface area (Å²) in [4.78, 5) is 36.4. The number of nitrogens with one attached hydrogen (secondary N) is 2. The van der Waals surface area contributed by atoms with Gasteiger partial charge in [-0.2, -0.15) is 0 Å². The van der Waals surface area contributed by atoms with Crippen LogP contribution in [0, 0.1) is 0 Å². The first kappa shape index (κ1) is 24.0. The van der Waals surface area contributed by atoms with Gasteiger partial charge in [0.25, 0.3) is 5.91 Å². The second-order valence-corrected chi connectivity index (χ2v) is 8.08. The molecule has 0 bridgehead atoms. The maximum Gasteiger partial charge on any atom is 0.407 e. The Morgan fingerprint density at radius 2 is 1.71 bits per heavy atom. The average Bonchev–Trinajstić information content (AvgIpc) is 3.47. The van der Waals surface area contributed by atoms with Crippen molar-refractivity contribution in [1.82, 2.24) is 15.8 Å². The molecule has 0 spiro atoms. The fraction of sp³-hybridized carbons (Fsp3) is 0.280. The number of aliphatic carboxylic acids is 1. The van der Waals surface area contributed by atoms with Gasteiger partial charge in [-0.25, -0.2) is 9.59 Å². The Kier molecular flexibility index (Phi) is 7.11. The van der Waals surface area contributed by atoms with Crippen LogP contribution >= 0.6 is 0 Å². The highest BCUT2D eigenvalue weighted by molar-refractivity contribution is 5.97. The molecule has 2 aromatic carbocycles. The van der Waals surface area contributed by atoms with E-state index in [0.717, 1.165) is 28.5 Å². The minimum absolute atomic E-state index is 0.00139. The Balaban J connectivity index is 1.36. The molecule has 0 aliphatic heterocycles. The highest BCUT2D eigenvalue weighted by atomic mass is 16.5. The van der Waals surface area contributed by atoms with Crippen LogP contribution in [0.2, 0.25) is 0 Å². The number of fused-ring (bicyclic) bond motifs is 3. The molecule has 3 N–H and O–H groups in total. The number of carbonyl (C=O) groups is 3. The lowest BCUT2D eigenvalue weighted by Gasteiger charge is -2.19. The van der Waals surface area contributed by atoms with Crippen LogP contribution in [-0.4, -0.2) is 54.1 Å². The number of benzene rings is 2. The summed E-state index contributed by atoms with van der Waals surface area (Å²) in [5.74, 6) is -2.05. The van der Waals surface area contributed by atoms with E-state index in [0.29, 0.717) is 0 Å². The van der Waals surface area contributed by atoms with Gasteiger partial charge in [-0.1, -0.05) is 53.7 Å². The van der Waals surface area contributed by atoms with Crippen molar-refractivity contribution in [1.29, 1.82) is 0 Å². The average molecular weight is 479 g/mol. The van der Waals surface area contributed by atoms with Crippen LogP contribution in [0.25, 0.3) is 11.1 Å². The molecule has 0 unspecified atom stereocenters. The van der Waals surface area contributed by atoms with Crippen molar-refractivity contribution in [3.05, 3.63) is 77.2 Å². The van der Waals surface area contributed by atoms with Crippen LogP contribution < -0.4 is 10.6 Å². The molecule has 35 heavy (non-hydrogen) atoms. The third kappa shape index (κ3) is 5.02. The van der Waals surface area contributed by atoms with Crippen LogP contribution in [0.4, 0.5) is 4.79 Å². The zero-order valence-electron chi connectivity index (χ0n) is 19.2. The molecule has 1 heterocycles. The van der Waals surface area contributed by atoms with E-state index in [9.17, 15) is 19.5 Å². The van der Waals surface area contributed by atoms with Crippen molar-refractivity contribution in [2.75, 3.05) is 13.7 Å². The lowest BCUT2D eigenvalue weighted by molar-refractivity contribution is -0.142. The number of methoxy groups -OCH3 is 1. The molecule has 0 fully saturated rings. The fourth-order valence-corrected chi connectivity index (χ4v) is 4.11. The Bertz CT molecular complexity index is 1190. The van der Waals surface area contributed by atoms with Crippen LogP contribution in [0.1, 0.15) is 40.0 Å². The van der Waals surface area contributed by atoms with Crippen LogP contribution in [0.5, 0.6) is 0 Å². The maximum absolute atomic E-state index is 12.6. The van der Waals surface area contributed by atoms with E-state index in [1.54, 1.807) is 0 Å². The van der Waals surface area contributed by atoms with Gasteiger partial charge in [0.05, 0.1) is 12.6 Å². The normalized spacial score (nSPS) is 13.9. The van der Waals surface area contributed by atoms with E-state index in [-0.39, 0.29) is 30.3 Å². The number of hydrogen-bond acceptors (Lipinski definition) is 7. The van der Waals surface area contributed by atoms with Gasteiger partial charge >= 0.3 is 12.1 Å². The molecule has 3 aromatic rings. The number of rotatable bonds is 9. The standard InChI is InChI=1S/C25H25N3O7/c1-14(33-2)22(24(30)31)27-23(29)20-13-35-28-21(20)11-26-25(32)34-12-19-17-9-5-3-7-15(17)16-8-4-6-10-18(16)19/h3-10,13-14,19,22H,11-12H2,1-2H3,(H,26,32)(H,27,29)(H,30,31)/t14-,22+/m1/s1. The largest absolute Gasteiger partial charge is 0.480 e. The number of nitrogens with zero attached hydrogens (tertiary/aromatic N) is 1. The first-order valence-corrected chi connectivity index (χ1v) is 11.0. The van der Waals surface area contributed by atoms with E-state index >= 15 is 0 Å². The topological polar surface area (TPSA) is 140 Å². The third-order valence-corrected chi connectivity index (χ3v) is 6.03. The van der Waals surface area contributed by atoms with Gasteiger partial charge in [0, 0.05) is 13.0 Å². The minimum atomic E-state index is -1.27. The number of carboxylic acids is 1.